The molecule has 1 aliphatic heterocycles. The molecule has 3 unspecified atom stereocenters. The van der Waals surface area contributed by atoms with E-state index >= 15 is 0 Å². The molecular weight excluding hydrogens is 299 g/mol. The molecule has 23 heavy (non-hydrogen) atoms. The summed E-state index contributed by atoms with van der Waals surface area (Å²) in [7, 11) is 0. The van der Waals surface area contributed by atoms with Gasteiger partial charge >= 0.3 is 0 Å². The molecule has 1 saturated heterocycles. The predicted molar refractivity (Wildman–Crippen MR) is 84.8 cm³/mol. The topological polar surface area (TPSA) is 73.6 Å². The summed E-state index contributed by atoms with van der Waals surface area (Å²) in [6.45, 7) is 1.16. The van der Waals surface area contributed by atoms with E-state index in [1.54, 1.807) is 6.07 Å². The monoisotopic (exact) mass is 322 g/mol. The number of benzene rings is 1. The lowest BCUT2D eigenvalue weighted by Gasteiger charge is -2.17. The lowest BCUT2D eigenvalue weighted by atomic mass is 10.1. The third kappa shape index (κ3) is 4.20. The van der Waals surface area contributed by atoms with E-state index in [4.69, 9.17) is 15.2 Å². The fourth-order valence-electron chi connectivity index (χ4n) is 3.17. The van der Waals surface area contributed by atoms with Gasteiger partial charge in [0.1, 0.15) is 18.2 Å². The molecule has 1 aromatic carbocycles. The van der Waals surface area contributed by atoms with Crippen molar-refractivity contribution in [3.63, 3.8) is 0 Å². The molecule has 0 spiro atoms. The average Bonchev–Trinajstić information content (AvgIpc) is 3.18. The van der Waals surface area contributed by atoms with E-state index in [1.807, 2.05) is 0 Å². The first-order chi connectivity index (χ1) is 11.1. The van der Waals surface area contributed by atoms with E-state index in [0.29, 0.717) is 24.5 Å². The van der Waals surface area contributed by atoms with Gasteiger partial charge in [0.05, 0.1) is 11.8 Å². The van der Waals surface area contributed by atoms with Crippen LogP contribution in [0, 0.1) is 11.7 Å². The van der Waals surface area contributed by atoms with Gasteiger partial charge in [-0.05, 0) is 44.2 Å². The van der Waals surface area contributed by atoms with Gasteiger partial charge in [0.25, 0.3) is 0 Å². The lowest BCUT2D eigenvalue weighted by Crippen LogP contribution is -2.24. The van der Waals surface area contributed by atoms with Crippen molar-refractivity contribution < 1.29 is 18.7 Å². The molecule has 2 aliphatic rings. The smallest absolute Gasteiger partial charge is 0.227 e. The molecule has 1 heterocycles. The molecule has 1 amide bonds. The van der Waals surface area contributed by atoms with Crippen LogP contribution in [0.2, 0.25) is 0 Å². The minimum Gasteiger partial charge on any atom is -0.489 e. The number of ether oxygens (including phenoxy) is 2. The van der Waals surface area contributed by atoms with Gasteiger partial charge in [-0.15, -0.1) is 0 Å². The first-order valence-electron chi connectivity index (χ1n) is 8.22. The molecule has 3 N–H and O–H groups in total. The molecule has 6 heteroatoms. The number of hydrogen-bond donors (Lipinski definition) is 2. The van der Waals surface area contributed by atoms with Crippen molar-refractivity contribution in [2.75, 3.05) is 18.5 Å². The van der Waals surface area contributed by atoms with E-state index in [-0.39, 0.29) is 24.0 Å². The molecule has 1 aliphatic carbocycles. The van der Waals surface area contributed by atoms with Gasteiger partial charge in [-0.3, -0.25) is 4.79 Å². The van der Waals surface area contributed by atoms with Crippen molar-refractivity contribution in [3.05, 3.63) is 24.0 Å². The van der Waals surface area contributed by atoms with Crippen LogP contribution in [0.15, 0.2) is 18.2 Å². The average molecular weight is 322 g/mol. The third-order valence-electron chi connectivity index (χ3n) is 4.49. The van der Waals surface area contributed by atoms with Crippen LogP contribution in [0.4, 0.5) is 10.1 Å². The fourth-order valence-corrected chi connectivity index (χ4v) is 3.17. The number of hydrogen-bond acceptors (Lipinski definition) is 4. The van der Waals surface area contributed by atoms with Crippen molar-refractivity contribution in [3.8, 4) is 5.75 Å². The number of halogens is 1. The van der Waals surface area contributed by atoms with E-state index in [9.17, 15) is 9.18 Å². The van der Waals surface area contributed by atoms with Crippen molar-refractivity contribution in [2.45, 2.75) is 44.2 Å². The summed E-state index contributed by atoms with van der Waals surface area (Å²) in [6.07, 6.45) is 4.35. The zero-order valence-corrected chi connectivity index (χ0v) is 13.1. The Labute approximate surface area is 135 Å². The summed E-state index contributed by atoms with van der Waals surface area (Å²) in [5, 5.41) is 2.79. The van der Waals surface area contributed by atoms with Crippen LogP contribution in [0.25, 0.3) is 0 Å². The molecular formula is C17H23FN2O3. The van der Waals surface area contributed by atoms with Gasteiger partial charge in [-0.1, -0.05) is 0 Å². The minimum absolute atomic E-state index is 0.0661. The van der Waals surface area contributed by atoms with E-state index < -0.39 is 5.82 Å². The summed E-state index contributed by atoms with van der Waals surface area (Å²) in [5.74, 6) is -0.171. The zero-order valence-electron chi connectivity index (χ0n) is 13.1. The maximum Gasteiger partial charge on any atom is 0.227 e. The highest BCUT2D eigenvalue weighted by atomic mass is 19.1. The Balaban J connectivity index is 1.64. The van der Waals surface area contributed by atoms with E-state index in [2.05, 4.69) is 5.32 Å². The minimum atomic E-state index is -0.409. The van der Waals surface area contributed by atoms with E-state index in [1.165, 1.54) is 12.1 Å². The van der Waals surface area contributed by atoms with Gasteiger partial charge < -0.3 is 20.5 Å². The molecule has 2 fully saturated rings. The normalized spacial score (nSPS) is 27.1. The number of rotatable bonds is 5. The second-order valence-corrected chi connectivity index (χ2v) is 6.35. The van der Waals surface area contributed by atoms with Crippen LogP contribution in [-0.4, -0.2) is 31.3 Å². The number of nitrogens with one attached hydrogen (secondary N) is 1. The van der Waals surface area contributed by atoms with Gasteiger partial charge in [-0.25, -0.2) is 4.39 Å². The summed E-state index contributed by atoms with van der Waals surface area (Å²) in [6, 6.07) is 4.23. The van der Waals surface area contributed by atoms with Crippen molar-refractivity contribution >= 4 is 11.6 Å². The van der Waals surface area contributed by atoms with Gasteiger partial charge in [0.15, 0.2) is 0 Å². The van der Waals surface area contributed by atoms with Crippen molar-refractivity contribution in [2.24, 2.45) is 11.7 Å². The molecule has 126 valence electrons. The molecule has 1 saturated carbocycles. The first-order valence-corrected chi connectivity index (χ1v) is 8.22. The van der Waals surface area contributed by atoms with Crippen LogP contribution in [0.5, 0.6) is 5.75 Å². The first kappa shape index (κ1) is 16.2. The highest BCUT2D eigenvalue weighted by molar-refractivity contribution is 5.94. The van der Waals surface area contributed by atoms with E-state index in [0.717, 1.165) is 32.3 Å². The van der Waals surface area contributed by atoms with Crippen molar-refractivity contribution in [1.29, 1.82) is 0 Å². The summed E-state index contributed by atoms with van der Waals surface area (Å²) in [5.41, 5.74) is 6.22. The molecule has 3 atom stereocenters. The Bertz CT molecular complexity index is 561. The second kappa shape index (κ2) is 7.27. The fraction of sp³-hybridized carbons (Fsp3) is 0.588. The standard InChI is InChI=1S/C17H23FN2O3/c18-12-4-6-16(23-10-14-2-1-7-22-14)15(9-12)20-17(21)11-3-5-13(19)8-11/h4,6,9,11,13-14H,1-3,5,7-8,10,19H2,(H,20,21). The Morgan fingerprint density at radius 1 is 1.39 bits per heavy atom. The van der Waals surface area contributed by atoms with Gasteiger partial charge in [-0.2, -0.15) is 0 Å². The Kier molecular flexibility index (Phi) is 5.13. The summed E-state index contributed by atoms with van der Waals surface area (Å²) in [4.78, 5) is 12.3. The number of nitrogens with two attached hydrogens (primary N) is 1. The maximum atomic E-state index is 13.5. The highest BCUT2D eigenvalue weighted by Gasteiger charge is 2.28. The van der Waals surface area contributed by atoms with Crippen LogP contribution in [-0.2, 0) is 9.53 Å². The van der Waals surface area contributed by atoms with Crippen LogP contribution < -0.4 is 15.8 Å². The van der Waals surface area contributed by atoms with Gasteiger partial charge in [0, 0.05) is 24.6 Å². The number of anilines is 1. The van der Waals surface area contributed by atoms with Crippen LogP contribution >= 0.6 is 0 Å². The zero-order chi connectivity index (χ0) is 16.2. The molecule has 0 radical (unpaired) electrons. The molecule has 0 aromatic heterocycles. The summed E-state index contributed by atoms with van der Waals surface area (Å²) < 4.78 is 24.8. The quantitative estimate of drug-likeness (QED) is 0.873. The van der Waals surface area contributed by atoms with Crippen molar-refractivity contribution in [1.82, 2.24) is 0 Å². The Hall–Kier alpha value is -1.66. The largest absolute Gasteiger partial charge is 0.489 e. The second-order valence-electron chi connectivity index (χ2n) is 6.35. The maximum absolute atomic E-state index is 13.5. The Morgan fingerprint density at radius 2 is 2.26 bits per heavy atom. The molecule has 3 rings (SSSR count). The predicted octanol–water partition coefficient (Wildman–Crippen LogP) is 2.45. The molecule has 5 nitrogen and oxygen atoms in total. The molecule has 0 bridgehead atoms. The number of carbonyl (C=O) groups is 1. The summed E-state index contributed by atoms with van der Waals surface area (Å²) >= 11 is 0. The van der Waals surface area contributed by atoms with Crippen LogP contribution in [0.1, 0.15) is 32.1 Å². The Morgan fingerprint density at radius 3 is 2.96 bits per heavy atom. The SMILES string of the molecule is NC1CCC(C(=O)Nc2cc(F)ccc2OCC2CCCO2)C1. The number of amides is 1. The number of carbonyl (C=O) groups excluding carboxylic acids is 1. The third-order valence-corrected chi connectivity index (χ3v) is 4.49. The van der Waals surface area contributed by atoms with Gasteiger partial charge in [0.2, 0.25) is 5.91 Å². The van der Waals surface area contributed by atoms with Crippen LogP contribution in [0.3, 0.4) is 0 Å². The molecule has 1 aromatic rings. The lowest BCUT2D eigenvalue weighted by molar-refractivity contribution is -0.119. The highest BCUT2D eigenvalue weighted by Crippen LogP contribution is 2.30.